The molecule has 1 aromatic rings. The van der Waals surface area contributed by atoms with Crippen LogP contribution in [-0.4, -0.2) is 19.1 Å². The largest absolute Gasteiger partial charge is 0.370 e. The third kappa shape index (κ3) is 2.07. The number of hydrogen-bond donors (Lipinski definition) is 1. The van der Waals surface area contributed by atoms with Gasteiger partial charge in [-0.1, -0.05) is 12.1 Å². The Hall–Kier alpha value is -1.02. The van der Waals surface area contributed by atoms with Crippen molar-refractivity contribution in [2.24, 2.45) is 5.73 Å². The zero-order valence-corrected chi connectivity index (χ0v) is 8.74. The van der Waals surface area contributed by atoms with Gasteiger partial charge in [0.2, 0.25) is 0 Å². The minimum Gasteiger partial charge on any atom is -0.370 e. The van der Waals surface area contributed by atoms with Crippen LogP contribution in [0.3, 0.4) is 0 Å². The van der Waals surface area contributed by atoms with E-state index in [9.17, 15) is 0 Å². The first-order valence-electron chi connectivity index (χ1n) is 5.33. The van der Waals surface area contributed by atoms with E-state index in [0.29, 0.717) is 6.04 Å². The van der Waals surface area contributed by atoms with Gasteiger partial charge in [0.1, 0.15) is 0 Å². The maximum Gasteiger partial charge on any atom is 0.0369 e. The van der Waals surface area contributed by atoms with Gasteiger partial charge in [0.25, 0.3) is 0 Å². The number of piperidine rings is 1. The summed E-state index contributed by atoms with van der Waals surface area (Å²) in [6, 6.07) is 9.01. The molecular weight excluding hydrogens is 172 g/mol. The van der Waals surface area contributed by atoms with Crippen molar-refractivity contribution in [2.75, 3.05) is 18.0 Å². The highest BCUT2D eigenvalue weighted by Crippen LogP contribution is 2.19. The van der Waals surface area contributed by atoms with Crippen LogP contribution in [0, 0.1) is 6.92 Å². The Bertz CT molecular complexity index is 309. The monoisotopic (exact) mass is 190 g/mol. The Labute approximate surface area is 85.7 Å². The third-order valence-corrected chi connectivity index (χ3v) is 2.82. The van der Waals surface area contributed by atoms with Crippen molar-refractivity contribution in [1.82, 2.24) is 0 Å². The van der Waals surface area contributed by atoms with E-state index < -0.39 is 0 Å². The molecule has 2 rings (SSSR count). The maximum atomic E-state index is 5.96. The number of nitrogens with zero attached hydrogens (tertiary/aromatic N) is 1. The zero-order chi connectivity index (χ0) is 9.97. The Morgan fingerprint density at radius 3 is 3.00 bits per heavy atom. The summed E-state index contributed by atoms with van der Waals surface area (Å²) in [7, 11) is 0. The molecule has 1 saturated heterocycles. The van der Waals surface area contributed by atoms with Crippen LogP contribution in [0.25, 0.3) is 0 Å². The second kappa shape index (κ2) is 4.01. The van der Waals surface area contributed by atoms with Crippen LogP contribution in [0.1, 0.15) is 18.4 Å². The van der Waals surface area contributed by atoms with E-state index in [4.69, 9.17) is 5.73 Å². The van der Waals surface area contributed by atoms with Gasteiger partial charge >= 0.3 is 0 Å². The summed E-state index contributed by atoms with van der Waals surface area (Å²) in [4.78, 5) is 2.39. The highest BCUT2D eigenvalue weighted by Gasteiger charge is 2.16. The summed E-state index contributed by atoms with van der Waals surface area (Å²) in [6.07, 6.45) is 2.39. The number of hydrogen-bond acceptors (Lipinski definition) is 2. The normalized spacial score (nSPS) is 22.4. The van der Waals surface area contributed by atoms with Crippen LogP contribution < -0.4 is 10.6 Å². The summed E-state index contributed by atoms with van der Waals surface area (Å²) in [6.45, 7) is 4.29. The molecule has 0 bridgehead atoms. The summed E-state index contributed by atoms with van der Waals surface area (Å²) in [5.41, 5.74) is 8.60. The smallest absolute Gasteiger partial charge is 0.0369 e. The van der Waals surface area contributed by atoms with E-state index in [2.05, 4.69) is 36.1 Å². The number of benzene rings is 1. The highest BCUT2D eigenvalue weighted by atomic mass is 15.1. The molecule has 0 aromatic heterocycles. The number of rotatable bonds is 1. The van der Waals surface area contributed by atoms with Gasteiger partial charge < -0.3 is 10.6 Å². The van der Waals surface area contributed by atoms with Gasteiger partial charge in [-0.15, -0.1) is 0 Å². The van der Waals surface area contributed by atoms with E-state index in [1.165, 1.54) is 24.1 Å². The molecule has 1 aliphatic rings. The molecule has 2 nitrogen and oxygen atoms in total. The molecule has 1 aliphatic heterocycles. The van der Waals surface area contributed by atoms with E-state index in [0.717, 1.165) is 13.1 Å². The summed E-state index contributed by atoms with van der Waals surface area (Å²) < 4.78 is 0. The van der Waals surface area contributed by atoms with Gasteiger partial charge in [0.15, 0.2) is 0 Å². The molecule has 1 aromatic carbocycles. The standard InChI is InChI=1S/C12H18N2/c1-10-4-2-6-12(8-10)14-7-3-5-11(13)9-14/h2,4,6,8,11H,3,5,7,9,13H2,1H3. The van der Waals surface area contributed by atoms with Crippen LogP contribution in [-0.2, 0) is 0 Å². The SMILES string of the molecule is Cc1cccc(N2CCCC(N)C2)c1. The first kappa shape index (κ1) is 9.53. The van der Waals surface area contributed by atoms with Crippen LogP contribution in [0.2, 0.25) is 0 Å². The highest BCUT2D eigenvalue weighted by molar-refractivity contribution is 5.48. The average molecular weight is 190 g/mol. The van der Waals surface area contributed by atoms with Crippen molar-refractivity contribution >= 4 is 5.69 Å². The second-order valence-corrected chi connectivity index (χ2v) is 4.19. The van der Waals surface area contributed by atoms with Crippen LogP contribution in [0.15, 0.2) is 24.3 Å². The summed E-state index contributed by atoms with van der Waals surface area (Å²) in [5, 5.41) is 0. The summed E-state index contributed by atoms with van der Waals surface area (Å²) >= 11 is 0. The zero-order valence-electron chi connectivity index (χ0n) is 8.74. The van der Waals surface area contributed by atoms with E-state index in [1.807, 2.05) is 0 Å². The fourth-order valence-corrected chi connectivity index (χ4v) is 2.07. The minimum atomic E-state index is 0.351. The Kier molecular flexibility index (Phi) is 2.73. The van der Waals surface area contributed by atoms with Gasteiger partial charge in [-0.2, -0.15) is 0 Å². The topological polar surface area (TPSA) is 29.3 Å². The van der Waals surface area contributed by atoms with Gasteiger partial charge in [-0.25, -0.2) is 0 Å². The summed E-state index contributed by atoms with van der Waals surface area (Å²) in [5.74, 6) is 0. The van der Waals surface area contributed by atoms with Gasteiger partial charge in [-0.05, 0) is 37.5 Å². The molecule has 76 valence electrons. The van der Waals surface area contributed by atoms with Crippen LogP contribution in [0.4, 0.5) is 5.69 Å². The Balaban J connectivity index is 2.14. The van der Waals surface area contributed by atoms with Crippen molar-refractivity contribution in [3.05, 3.63) is 29.8 Å². The van der Waals surface area contributed by atoms with Crippen molar-refractivity contribution in [3.8, 4) is 0 Å². The lowest BCUT2D eigenvalue weighted by Crippen LogP contribution is -2.42. The molecule has 0 amide bonds. The first-order valence-corrected chi connectivity index (χ1v) is 5.33. The third-order valence-electron chi connectivity index (χ3n) is 2.82. The molecule has 1 atom stereocenters. The fourth-order valence-electron chi connectivity index (χ4n) is 2.07. The number of aryl methyl sites for hydroxylation is 1. The predicted molar refractivity (Wildman–Crippen MR) is 60.6 cm³/mol. The van der Waals surface area contributed by atoms with Crippen LogP contribution >= 0.6 is 0 Å². The molecule has 0 saturated carbocycles. The number of nitrogens with two attached hydrogens (primary N) is 1. The average Bonchev–Trinajstić information content (AvgIpc) is 2.18. The molecule has 14 heavy (non-hydrogen) atoms. The van der Waals surface area contributed by atoms with Crippen molar-refractivity contribution in [3.63, 3.8) is 0 Å². The van der Waals surface area contributed by atoms with Gasteiger partial charge in [0.05, 0.1) is 0 Å². The van der Waals surface area contributed by atoms with E-state index in [1.54, 1.807) is 0 Å². The molecule has 2 N–H and O–H groups in total. The van der Waals surface area contributed by atoms with Crippen LogP contribution in [0.5, 0.6) is 0 Å². The molecule has 0 spiro atoms. The minimum absolute atomic E-state index is 0.351. The van der Waals surface area contributed by atoms with E-state index >= 15 is 0 Å². The quantitative estimate of drug-likeness (QED) is 0.733. The van der Waals surface area contributed by atoms with Crippen molar-refractivity contribution in [2.45, 2.75) is 25.8 Å². The number of anilines is 1. The van der Waals surface area contributed by atoms with Gasteiger partial charge in [-0.3, -0.25) is 0 Å². The molecule has 1 fully saturated rings. The molecule has 0 radical (unpaired) electrons. The lowest BCUT2D eigenvalue weighted by Gasteiger charge is -2.32. The molecule has 1 unspecified atom stereocenters. The fraction of sp³-hybridized carbons (Fsp3) is 0.500. The molecule has 0 aliphatic carbocycles. The molecule has 1 heterocycles. The predicted octanol–water partition coefficient (Wildman–Crippen LogP) is 1.92. The maximum absolute atomic E-state index is 5.96. The molecule has 2 heteroatoms. The van der Waals surface area contributed by atoms with E-state index in [-0.39, 0.29) is 0 Å². The van der Waals surface area contributed by atoms with Gasteiger partial charge in [0, 0.05) is 24.8 Å². The Morgan fingerprint density at radius 1 is 1.43 bits per heavy atom. The molecular formula is C12H18N2. The van der Waals surface area contributed by atoms with Crippen molar-refractivity contribution < 1.29 is 0 Å². The first-order chi connectivity index (χ1) is 6.75. The lowest BCUT2D eigenvalue weighted by atomic mass is 10.1. The Morgan fingerprint density at radius 2 is 2.29 bits per heavy atom. The lowest BCUT2D eigenvalue weighted by molar-refractivity contribution is 0.506. The second-order valence-electron chi connectivity index (χ2n) is 4.19. The van der Waals surface area contributed by atoms with Crippen molar-refractivity contribution in [1.29, 1.82) is 0 Å².